The summed E-state index contributed by atoms with van der Waals surface area (Å²) >= 11 is 5.50. The number of methoxy groups -OCH3 is 1. The van der Waals surface area contributed by atoms with Crippen LogP contribution in [0.25, 0.3) is 28.3 Å². The van der Waals surface area contributed by atoms with Gasteiger partial charge in [-0.3, -0.25) is 9.67 Å². The molecule has 4 aromatic rings. The van der Waals surface area contributed by atoms with E-state index in [9.17, 15) is 0 Å². The molecule has 0 radical (unpaired) electrons. The first kappa shape index (κ1) is 17.5. The van der Waals surface area contributed by atoms with Crippen LogP contribution in [-0.4, -0.2) is 33.8 Å². The largest absolute Gasteiger partial charge is 0.497 e. The molecule has 146 valence electrons. The highest BCUT2D eigenvalue weighted by Gasteiger charge is 2.24. The Kier molecular flexibility index (Phi) is 4.09. The zero-order valence-electron chi connectivity index (χ0n) is 15.6. The van der Waals surface area contributed by atoms with Crippen LogP contribution in [0.4, 0.5) is 0 Å². The van der Waals surface area contributed by atoms with E-state index in [0.717, 1.165) is 22.6 Å². The van der Waals surface area contributed by atoms with E-state index in [1.165, 1.54) is 0 Å². The van der Waals surface area contributed by atoms with Crippen LogP contribution in [0.2, 0.25) is 0 Å². The average molecular weight is 408 g/mol. The lowest BCUT2D eigenvalue weighted by atomic mass is 10.1. The lowest BCUT2D eigenvalue weighted by molar-refractivity contribution is 0.174. The monoisotopic (exact) mass is 408 g/mol. The van der Waals surface area contributed by atoms with Crippen LogP contribution in [0.15, 0.2) is 47.0 Å². The van der Waals surface area contributed by atoms with Gasteiger partial charge in [0.15, 0.2) is 22.1 Å². The van der Waals surface area contributed by atoms with Crippen LogP contribution in [0.5, 0.6) is 17.2 Å². The standard InChI is InChI=1S/C20H16N4O4S/c1-11-17(18(23-28-11)12-3-6-14(25-2)7-4-12)19-21-22-20(29)24(19)13-5-8-15-16(9-13)27-10-26-15/h3-9H,10H2,1-2H3,(H,22,29). The minimum atomic E-state index is 0.203. The number of nitrogens with zero attached hydrogens (tertiary/aromatic N) is 3. The fraction of sp³-hybridized carbons (Fsp3) is 0.150. The molecule has 8 nitrogen and oxygen atoms in total. The maximum Gasteiger partial charge on any atom is 0.231 e. The minimum absolute atomic E-state index is 0.203. The highest BCUT2D eigenvalue weighted by molar-refractivity contribution is 7.71. The SMILES string of the molecule is COc1ccc(-c2noc(C)c2-c2n[nH]c(=S)n2-c2ccc3c(c2)OCO3)cc1. The van der Waals surface area contributed by atoms with E-state index in [1.807, 2.05) is 54.0 Å². The van der Waals surface area contributed by atoms with Gasteiger partial charge in [-0.2, -0.15) is 5.10 Å². The van der Waals surface area contributed by atoms with Gasteiger partial charge in [-0.15, -0.1) is 0 Å². The molecule has 5 rings (SSSR count). The molecule has 9 heteroatoms. The number of aryl methyl sites for hydroxylation is 1. The second-order valence-electron chi connectivity index (χ2n) is 6.42. The molecule has 0 saturated heterocycles. The number of fused-ring (bicyclic) bond motifs is 1. The van der Waals surface area contributed by atoms with Gasteiger partial charge in [0, 0.05) is 11.6 Å². The fourth-order valence-corrected chi connectivity index (χ4v) is 3.55. The van der Waals surface area contributed by atoms with Crippen LogP contribution in [-0.2, 0) is 0 Å². The Balaban J connectivity index is 1.67. The molecule has 1 aliphatic rings. The van der Waals surface area contributed by atoms with Gasteiger partial charge in [0.1, 0.15) is 17.2 Å². The van der Waals surface area contributed by atoms with Crippen molar-refractivity contribution in [3.63, 3.8) is 0 Å². The van der Waals surface area contributed by atoms with E-state index in [-0.39, 0.29) is 6.79 Å². The van der Waals surface area contributed by atoms with Crippen LogP contribution >= 0.6 is 12.2 Å². The first-order valence-electron chi connectivity index (χ1n) is 8.84. The molecule has 0 saturated carbocycles. The first-order valence-corrected chi connectivity index (χ1v) is 9.25. The molecule has 0 amide bonds. The van der Waals surface area contributed by atoms with E-state index in [0.29, 0.717) is 33.5 Å². The van der Waals surface area contributed by atoms with Gasteiger partial charge in [-0.1, -0.05) is 5.16 Å². The molecule has 1 aliphatic heterocycles. The van der Waals surface area contributed by atoms with E-state index < -0.39 is 0 Å². The second kappa shape index (κ2) is 6.78. The summed E-state index contributed by atoms with van der Waals surface area (Å²) in [4.78, 5) is 0. The molecule has 1 N–H and O–H groups in total. The molecule has 2 aromatic carbocycles. The lowest BCUT2D eigenvalue weighted by Crippen LogP contribution is -1.99. The van der Waals surface area contributed by atoms with Crippen LogP contribution < -0.4 is 14.2 Å². The van der Waals surface area contributed by atoms with Gasteiger partial charge in [-0.25, -0.2) is 0 Å². The van der Waals surface area contributed by atoms with E-state index in [2.05, 4.69) is 15.4 Å². The molecule has 0 unspecified atom stereocenters. The van der Waals surface area contributed by atoms with Crippen molar-refractivity contribution in [2.45, 2.75) is 6.92 Å². The van der Waals surface area contributed by atoms with Crippen molar-refractivity contribution in [2.75, 3.05) is 13.9 Å². The Morgan fingerprint density at radius 3 is 2.69 bits per heavy atom. The Morgan fingerprint density at radius 2 is 1.90 bits per heavy atom. The molecule has 2 aromatic heterocycles. The smallest absolute Gasteiger partial charge is 0.231 e. The Labute approximate surface area is 170 Å². The van der Waals surface area contributed by atoms with Crippen molar-refractivity contribution in [1.29, 1.82) is 0 Å². The third-order valence-electron chi connectivity index (χ3n) is 4.74. The number of aromatic amines is 1. The summed E-state index contributed by atoms with van der Waals surface area (Å²) in [6.07, 6.45) is 0. The van der Waals surface area contributed by atoms with Crippen molar-refractivity contribution in [3.8, 4) is 45.6 Å². The highest BCUT2D eigenvalue weighted by atomic mass is 32.1. The highest BCUT2D eigenvalue weighted by Crippen LogP contribution is 2.37. The quantitative estimate of drug-likeness (QED) is 0.504. The van der Waals surface area contributed by atoms with Crippen molar-refractivity contribution in [2.24, 2.45) is 0 Å². The summed E-state index contributed by atoms with van der Waals surface area (Å²) in [7, 11) is 1.63. The van der Waals surface area contributed by atoms with Gasteiger partial charge in [0.25, 0.3) is 0 Å². The van der Waals surface area contributed by atoms with Crippen LogP contribution in [0, 0.1) is 11.7 Å². The zero-order chi connectivity index (χ0) is 20.0. The number of ether oxygens (including phenoxy) is 3. The molecule has 0 aliphatic carbocycles. The second-order valence-corrected chi connectivity index (χ2v) is 6.80. The maximum atomic E-state index is 5.51. The topological polar surface area (TPSA) is 87.3 Å². The predicted molar refractivity (Wildman–Crippen MR) is 107 cm³/mol. The summed E-state index contributed by atoms with van der Waals surface area (Å²) < 4.78 is 23.9. The molecule has 29 heavy (non-hydrogen) atoms. The molecule has 0 fully saturated rings. The molecule has 0 atom stereocenters. The van der Waals surface area contributed by atoms with Gasteiger partial charge < -0.3 is 18.7 Å². The summed E-state index contributed by atoms with van der Waals surface area (Å²) in [5.41, 5.74) is 3.09. The summed E-state index contributed by atoms with van der Waals surface area (Å²) in [5, 5.41) is 11.6. The number of benzene rings is 2. The van der Waals surface area contributed by atoms with Crippen LogP contribution in [0.3, 0.4) is 0 Å². The Hall–Kier alpha value is -3.59. The van der Waals surface area contributed by atoms with Crippen molar-refractivity contribution in [1.82, 2.24) is 19.9 Å². The Bertz CT molecular complexity index is 1260. The maximum absolute atomic E-state index is 5.51. The lowest BCUT2D eigenvalue weighted by Gasteiger charge is -2.08. The molecule has 0 spiro atoms. The molecular formula is C20H16N4O4S. The van der Waals surface area contributed by atoms with E-state index >= 15 is 0 Å². The number of H-pyrrole nitrogens is 1. The first-order chi connectivity index (χ1) is 14.2. The third kappa shape index (κ3) is 2.87. The van der Waals surface area contributed by atoms with Gasteiger partial charge in [-0.05, 0) is 55.5 Å². The van der Waals surface area contributed by atoms with E-state index in [1.54, 1.807) is 7.11 Å². The number of nitrogens with one attached hydrogen (secondary N) is 1. The molecule has 3 heterocycles. The third-order valence-corrected chi connectivity index (χ3v) is 5.01. The van der Waals surface area contributed by atoms with Crippen LogP contribution in [0.1, 0.15) is 5.76 Å². The normalized spacial score (nSPS) is 12.3. The number of aromatic nitrogens is 4. The zero-order valence-corrected chi connectivity index (χ0v) is 16.4. The predicted octanol–water partition coefficient (Wildman–Crippen LogP) is 4.30. The summed E-state index contributed by atoms with van der Waals surface area (Å²) in [5.74, 6) is 3.35. The number of rotatable bonds is 4. The van der Waals surface area contributed by atoms with Gasteiger partial charge >= 0.3 is 0 Å². The average Bonchev–Trinajstić information content (AvgIpc) is 3.45. The molecular weight excluding hydrogens is 392 g/mol. The van der Waals surface area contributed by atoms with Crippen molar-refractivity contribution < 1.29 is 18.7 Å². The van der Waals surface area contributed by atoms with Gasteiger partial charge in [0.2, 0.25) is 6.79 Å². The number of hydrogen-bond donors (Lipinski definition) is 1. The minimum Gasteiger partial charge on any atom is -0.497 e. The fourth-order valence-electron chi connectivity index (χ4n) is 3.31. The Morgan fingerprint density at radius 1 is 1.10 bits per heavy atom. The molecule has 0 bridgehead atoms. The summed E-state index contributed by atoms with van der Waals surface area (Å²) in [6, 6.07) is 13.2. The summed E-state index contributed by atoms with van der Waals surface area (Å²) in [6.45, 7) is 2.05. The van der Waals surface area contributed by atoms with E-state index in [4.69, 9.17) is 31.0 Å². The number of hydrogen-bond acceptors (Lipinski definition) is 7. The van der Waals surface area contributed by atoms with Crippen molar-refractivity contribution >= 4 is 12.2 Å². The van der Waals surface area contributed by atoms with Gasteiger partial charge in [0.05, 0.1) is 18.4 Å². The van der Waals surface area contributed by atoms with Crippen molar-refractivity contribution in [3.05, 3.63) is 53.0 Å².